The molecular formula is C17H32N4. The fraction of sp³-hybridized carbons (Fsp3) is 0.824. The molecule has 1 saturated heterocycles. The number of aromatic nitrogens is 2. The average molecular weight is 292 g/mol. The molecular weight excluding hydrogens is 260 g/mol. The van der Waals surface area contributed by atoms with Gasteiger partial charge in [0.15, 0.2) is 0 Å². The summed E-state index contributed by atoms with van der Waals surface area (Å²) in [5, 5.41) is 0. The maximum Gasteiger partial charge on any atom is 0.123 e. The summed E-state index contributed by atoms with van der Waals surface area (Å²) in [5.41, 5.74) is 0. The van der Waals surface area contributed by atoms with E-state index in [1.54, 1.807) is 0 Å². The zero-order chi connectivity index (χ0) is 15.1. The normalized spacial score (nSPS) is 17.6. The summed E-state index contributed by atoms with van der Waals surface area (Å²) in [5.74, 6) is 1.18. The standard InChI is InChI=1S/C17H32N4/c1-16(2)21-14-9-18-17(21)15-19(3)10-8-13-20-11-6-4-5-7-12-20/h9,14,16H,4-8,10-13,15H2,1-3H3. The monoisotopic (exact) mass is 292 g/mol. The van der Waals surface area contributed by atoms with Crippen molar-refractivity contribution in [3.63, 3.8) is 0 Å². The van der Waals surface area contributed by atoms with E-state index in [9.17, 15) is 0 Å². The van der Waals surface area contributed by atoms with Crippen molar-refractivity contribution in [1.29, 1.82) is 0 Å². The van der Waals surface area contributed by atoms with Crippen molar-refractivity contribution in [2.24, 2.45) is 0 Å². The molecule has 1 aliphatic rings. The minimum absolute atomic E-state index is 0.494. The number of rotatable bonds is 7. The molecule has 2 heterocycles. The number of hydrogen-bond acceptors (Lipinski definition) is 3. The van der Waals surface area contributed by atoms with Gasteiger partial charge in [-0.15, -0.1) is 0 Å². The van der Waals surface area contributed by atoms with Crippen molar-refractivity contribution in [1.82, 2.24) is 19.4 Å². The van der Waals surface area contributed by atoms with E-state index in [2.05, 4.69) is 46.4 Å². The minimum Gasteiger partial charge on any atom is -0.331 e. The molecule has 0 N–H and O–H groups in total. The molecule has 1 aromatic heterocycles. The second kappa shape index (κ2) is 8.54. The largest absolute Gasteiger partial charge is 0.331 e. The molecule has 21 heavy (non-hydrogen) atoms. The van der Waals surface area contributed by atoms with Crippen molar-refractivity contribution >= 4 is 0 Å². The van der Waals surface area contributed by atoms with E-state index < -0.39 is 0 Å². The summed E-state index contributed by atoms with van der Waals surface area (Å²) in [6, 6.07) is 0.494. The van der Waals surface area contributed by atoms with Crippen molar-refractivity contribution in [3.05, 3.63) is 18.2 Å². The van der Waals surface area contributed by atoms with E-state index in [0.717, 1.165) is 13.1 Å². The van der Waals surface area contributed by atoms with Gasteiger partial charge in [-0.3, -0.25) is 4.90 Å². The molecule has 0 unspecified atom stereocenters. The molecule has 4 nitrogen and oxygen atoms in total. The predicted molar refractivity (Wildman–Crippen MR) is 88.5 cm³/mol. The smallest absolute Gasteiger partial charge is 0.123 e. The molecule has 0 aromatic carbocycles. The number of nitrogens with zero attached hydrogens (tertiary/aromatic N) is 4. The molecule has 0 radical (unpaired) electrons. The van der Waals surface area contributed by atoms with Gasteiger partial charge < -0.3 is 9.47 Å². The summed E-state index contributed by atoms with van der Waals surface area (Å²) >= 11 is 0. The highest BCUT2D eigenvalue weighted by molar-refractivity contribution is 4.94. The van der Waals surface area contributed by atoms with Gasteiger partial charge in [-0.1, -0.05) is 12.8 Å². The third kappa shape index (κ3) is 5.44. The fourth-order valence-corrected chi connectivity index (χ4v) is 3.18. The predicted octanol–water partition coefficient (Wildman–Crippen LogP) is 3.16. The van der Waals surface area contributed by atoms with Crippen molar-refractivity contribution in [2.75, 3.05) is 33.2 Å². The van der Waals surface area contributed by atoms with Crippen LogP contribution in [0.25, 0.3) is 0 Å². The van der Waals surface area contributed by atoms with Gasteiger partial charge in [-0.25, -0.2) is 4.98 Å². The first-order valence-corrected chi connectivity index (χ1v) is 8.59. The van der Waals surface area contributed by atoms with Gasteiger partial charge in [-0.05, 0) is 66.3 Å². The van der Waals surface area contributed by atoms with E-state index in [1.165, 1.54) is 57.6 Å². The molecule has 2 rings (SSSR count). The maximum atomic E-state index is 4.50. The van der Waals surface area contributed by atoms with Crippen molar-refractivity contribution < 1.29 is 0 Å². The lowest BCUT2D eigenvalue weighted by Gasteiger charge is -2.22. The summed E-state index contributed by atoms with van der Waals surface area (Å²) in [4.78, 5) is 9.55. The van der Waals surface area contributed by atoms with Gasteiger partial charge in [0.25, 0.3) is 0 Å². The minimum atomic E-state index is 0.494. The van der Waals surface area contributed by atoms with Crippen LogP contribution >= 0.6 is 0 Å². The van der Waals surface area contributed by atoms with Gasteiger partial charge in [0.05, 0.1) is 6.54 Å². The maximum absolute atomic E-state index is 4.50. The first-order valence-electron chi connectivity index (χ1n) is 8.59. The molecule has 4 heteroatoms. The Kier molecular flexibility index (Phi) is 6.71. The Morgan fingerprint density at radius 2 is 1.90 bits per heavy atom. The van der Waals surface area contributed by atoms with Gasteiger partial charge in [0, 0.05) is 18.4 Å². The Hall–Kier alpha value is -0.870. The van der Waals surface area contributed by atoms with Crippen molar-refractivity contribution in [3.8, 4) is 0 Å². The Morgan fingerprint density at radius 3 is 2.57 bits per heavy atom. The zero-order valence-corrected chi connectivity index (χ0v) is 14.1. The topological polar surface area (TPSA) is 24.3 Å². The SMILES string of the molecule is CC(C)n1ccnc1CN(C)CCCN1CCCCCC1. The Labute approximate surface area is 130 Å². The van der Waals surface area contributed by atoms with Crippen molar-refractivity contribution in [2.45, 2.75) is 58.5 Å². The van der Waals surface area contributed by atoms with E-state index >= 15 is 0 Å². The Balaban J connectivity index is 1.69. The molecule has 0 spiro atoms. The van der Waals surface area contributed by atoms with Crippen LogP contribution in [0.3, 0.4) is 0 Å². The van der Waals surface area contributed by atoms with Crippen LogP contribution in [-0.4, -0.2) is 52.6 Å². The van der Waals surface area contributed by atoms with E-state index in [4.69, 9.17) is 0 Å². The average Bonchev–Trinajstić information content (AvgIpc) is 2.74. The molecule has 1 aliphatic heterocycles. The van der Waals surface area contributed by atoms with Crippen LogP contribution in [0.5, 0.6) is 0 Å². The van der Waals surface area contributed by atoms with E-state index in [1.807, 2.05) is 6.20 Å². The fourth-order valence-electron chi connectivity index (χ4n) is 3.18. The molecule has 1 aromatic rings. The van der Waals surface area contributed by atoms with Crippen LogP contribution in [-0.2, 0) is 6.54 Å². The van der Waals surface area contributed by atoms with Gasteiger partial charge >= 0.3 is 0 Å². The van der Waals surface area contributed by atoms with Crippen LogP contribution < -0.4 is 0 Å². The quantitative estimate of drug-likeness (QED) is 0.771. The first kappa shape index (κ1) is 16.5. The molecule has 0 atom stereocenters. The second-order valence-corrected chi connectivity index (χ2v) is 6.69. The molecule has 0 amide bonds. The highest BCUT2D eigenvalue weighted by Crippen LogP contribution is 2.11. The lowest BCUT2D eigenvalue weighted by molar-refractivity contribution is 0.245. The number of likely N-dealkylation sites (tertiary alicyclic amines) is 1. The van der Waals surface area contributed by atoms with Crippen LogP contribution in [0.4, 0.5) is 0 Å². The third-order valence-electron chi connectivity index (χ3n) is 4.43. The molecule has 0 aliphatic carbocycles. The summed E-state index contributed by atoms with van der Waals surface area (Å²) < 4.78 is 2.27. The number of hydrogen-bond donors (Lipinski definition) is 0. The van der Waals surface area contributed by atoms with Crippen LogP contribution in [0.1, 0.15) is 57.8 Å². The molecule has 1 fully saturated rings. The van der Waals surface area contributed by atoms with Gasteiger partial charge in [0.1, 0.15) is 5.82 Å². The van der Waals surface area contributed by atoms with E-state index in [0.29, 0.717) is 6.04 Å². The first-order chi connectivity index (χ1) is 10.2. The molecule has 0 bridgehead atoms. The zero-order valence-electron chi connectivity index (χ0n) is 14.1. The lowest BCUT2D eigenvalue weighted by Crippen LogP contribution is -2.29. The Bertz CT molecular complexity index is 391. The van der Waals surface area contributed by atoms with Gasteiger partial charge in [0.2, 0.25) is 0 Å². The Morgan fingerprint density at radius 1 is 1.19 bits per heavy atom. The van der Waals surface area contributed by atoms with Crippen LogP contribution in [0.15, 0.2) is 12.4 Å². The lowest BCUT2D eigenvalue weighted by atomic mass is 10.2. The summed E-state index contributed by atoms with van der Waals surface area (Å²) in [6.45, 7) is 10.4. The molecule has 0 saturated carbocycles. The number of imidazole rings is 1. The highest BCUT2D eigenvalue weighted by atomic mass is 15.2. The molecule has 120 valence electrons. The van der Waals surface area contributed by atoms with E-state index in [-0.39, 0.29) is 0 Å². The highest BCUT2D eigenvalue weighted by Gasteiger charge is 2.11. The van der Waals surface area contributed by atoms with Crippen LogP contribution in [0, 0.1) is 0 Å². The second-order valence-electron chi connectivity index (χ2n) is 6.69. The summed E-state index contributed by atoms with van der Waals surface area (Å²) in [7, 11) is 2.21. The third-order valence-corrected chi connectivity index (χ3v) is 4.43. The summed E-state index contributed by atoms with van der Waals surface area (Å²) in [6.07, 6.45) is 10.9. The van der Waals surface area contributed by atoms with Crippen LogP contribution in [0.2, 0.25) is 0 Å². The van der Waals surface area contributed by atoms with Gasteiger partial charge in [-0.2, -0.15) is 0 Å².